The first kappa shape index (κ1) is 14.4. The number of allylic oxidation sites excluding steroid dienone is 5. The van der Waals surface area contributed by atoms with Crippen LogP contribution in [0.1, 0.15) is 30.9 Å². The quantitative estimate of drug-likeness (QED) is 0.788. The van der Waals surface area contributed by atoms with Gasteiger partial charge in [-0.2, -0.15) is 0 Å². The van der Waals surface area contributed by atoms with Crippen LogP contribution in [-0.4, -0.2) is 5.11 Å². The summed E-state index contributed by atoms with van der Waals surface area (Å²) in [6.07, 6.45) is 8.52. The van der Waals surface area contributed by atoms with Crippen molar-refractivity contribution >= 4 is 5.57 Å². The maximum atomic E-state index is 9.58. The van der Waals surface area contributed by atoms with Gasteiger partial charge in [-0.05, 0) is 52.8 Å². The lowest BCUT2D eigenvalue weighted by molar-refractivity contribution is 0.475. The topological polar surface area (TPSA) is 20.2 Å². The second-order valence-corrected chi connectivity index (χ2v) is 5.44. The van der Waals surface area contributed by atoms with Gasteiger partial charge >= 0.3 is 0 Å². The minimum atomic E-state index is 0.302. The van der Waals surface area contributed by atoms with E-state index in [9.17, 15) is 5.11 Å². The van der Waals surface area contributed by atoms with Crippen molar-refractivity contribution < 1.29 is 5.11 Å². The molecule has 1 aliphatic carbocycles. The molecule has 0 heterocycles. The maximum absolute atomic E-state index is 9.58. The first-order valence-corrected chi connectivity index (χ1v) is 7.73. The Labute approximate surface area is 131 Å². The molecule has 1 aliphatic rings. The smallest absolute Gasteiger partial charge is 0.115 e. The minimum Gasteiger partial charge on any atom is -0.508 e. The van der Waals surface area contributed by atoms with E-state index in [4.69, 9.17) is 0 Å². The Hall–Kier alpha value is -2.54. The molecule has 0 aromatic heterocycles. The zero-order valence-corrected chi connectivity index (χ0v) is 12.8. The van der Waals surface area contributed by atoms with Crippen LogP contribution in [0.2, 0.25) is 0 Å². The molecule has 2 aromatic rings. The lowest BCUT2D eigenvalue weighted by Gasteiger charge is -2.17. The summed E-state index contributed by atoms with van der Waals surface area (Å²) in [5.74, 6) is 0.302. The van der Waals surface area contributed by atoms with Crippen LogP contribution in [0.3, 0.4) is 0 Å². The van der Waals surface area contributed by atoms with Crippen LogP contribution in [0.5, 0.6) is 5.75 Å². The molecule has 22 heavy (non-hydrogen) atoms. The van der Waals surface area contributed by atoms with Gasteiger partial charge in [0.15, 0.2) is 0 Å². The molecular formula is C21H20O. The van der Waals surface area contributed by atoms with E-state index in [1.807, 2.05) is 18.2 Å². The van der Waals surface area contributed by atoms with Gasteiger partial charge in [-0.25, -0.2) is 0 Å². The highest BCUT2D eigenvalue weighted by molar-refractivity contribution is 5.85. The fourth-order valence-electron chi connectivity index (χ4n) is 2.98. The molecule has 1 nitrogen and oxygen atoms in total. The van der Waals surface area contributed by atoms with E-state index in [0.717, 1.165) is 18.4 Å². The second-order valence-electron chi connectivity index (χ2n) is 5.44. The Bertz CT molecular complexity index is 731. The van der Waals surface area contributed by atoms with Crippen LogP contribution >= 0.6 is 0 Å². The number of phenolic OH excluding ortho intramolecular Hbond substituents is 1. The van der Waals surface area contributed by atoms with Gasteiger partial charge in [0, 0.05) is 0 Å². The molecule has 0 aliphatic heterocycles. The largest absolute Gasteiger partial charge is 0.508 e. The zero-order chi connectivity index (χ0) is 15.4. The Balaban J connectivity index is 2.20. The SMILES string of the molecule is CC/C(C1=CC=CC1)=C(\c1ccccc1)c1ccc(O)cc1. The molecule has 1 N–H and O–H groups in total. The maximum Gasteiger partial charge on any atom is 0.115 e. The molecule has 0 atom stereocenters. The van der Waals surface area contributed by atoms with E-state index in [2.05, 4.69) is 49.4 Å². The normalized spacial score (nSPS) is 14.7. The molecule has 0 saturated carbocycles. The third-order valence-electron chi connectivity index (χ3n) is 4.03. The molecule has 1 heteroatoms. The van der Waals surface area contributed by atoms with Crippen LogP contribution < -0.4 is 0 Å². The summed E-state index contributed by atoms with van der Waals surface area (Å²) in [7, 11) is 0. The van der Waals surface area contributed by atoms with Crippen LogP contribution in [0.25, 0.3) is 5.57 Å². The molecule has 110 valence electrons. The average molecular weight is 288 g/mol. The van der Waals surface area contributed by atoms with E-state index < -0.39 is 0 Å². The molecule has 0 fully saturated rings. The average Bonchev–Trinajstić information content (AvgIpc) is 3.08. The van der Waals surface area contributed by atoms with Crippen molar-refractivity contribution in [3.05, 3.63) is 95.1 Å². The third-order valence-corrected chi connectivity index (χ3v) is 4.03. The summed E-state index contributed by atoms with van der Waals surface area (Å²) in [5, 5.41) is 9.58. The first-order chi connectivity index (χ1) is 10.8. The lowest BCUT2D eigenvalue weighted by atomic mass is 9.87. The highest BCUT2D eigenvalue weighted by Crippen LogP contribution is 2.35. The Morgan fingerprint density at radius 3 is 2.23 bits per heavy atom. The monoisotopic (exact) mass is 288 g/mol. The van der Waals surface area contributed by atoms with Gasteiger partial charge < -0.3 is 5.11 Å². The summed E-state index contributed by atoms with van der Waals surface area (Å²) in [5.41, 5.74) is 6.39. The summed E-state index contributed by atoms with van der Waals surface area (Å²) < 4.78 is 0. The van der Waals surface area contributed by atoms with Crippen molar-refractivity contribution in [1.82, 2.24) is 0 Å². The van der Waals surface area contributed by atoms with Crippen LogP contribution in [-0.2, 0) is 0 Å². The zero-order valence-electron chi connectivity index (χ0n) is 12.8. The highest BCUT2D eigenvalue weighted by Gasteiger charge is 2.14. The first-order valence-electron chi connectivity index (χ1n) is 7.73. The molecule has 0 unspecified atom stereocenters. The van der Waals surface area contributed by atoms with Crippen molar-refractivity contribution in [1.29, 1.82) is 0 Å². The van der Waals surface area contributed by atoms with Gasteiger partial charge in [0.05, 0.1) is 0 Å². The summed E-state index contributed by atoms with van der Waals surface area (Å²) in [6.45, 7) is 2.21. The van der Waals surface area contributed by atoms with Gasteiger partial charge in [-0.1, -0.05) is 67.6 Å². The van der Waals surface area contributed by atoms with Crippen molar-refractivity contribution in [2.24, 2.45) is 0 Å². The van der Waals surface area contributed by atoms with Crippen LogP contribution in [0.4, 0.5) is 0 Å². The standard InChI is InChI=1S/C21H20O/c1-2-20(16-8-6-7-9-16)21(17-10-4-3-5-11-17)18-12-14-19(22)15-13-18/h3-8,10-15,22H,2,9H2,1H3/b21-20-. The van der Waals surface area contributed by atoms with E-state index in [1.165, 1.54) is 22.3 Å². The van der Waals surface area contributed by atoms with E-state index in [0.29, 0.717) is 5.75 Å². The molecular weight excluding hydrogens is 268 g/mol. The lowest BCUT2D eigenvalue weighted by Crippen LogP contribution is -1.96. The van der Waals surface area contributed by atoms with E-state index >= 15 is 0 Å². The van der Waals surface area contributed by atoms with Gasteiger partial charge in [0.2, 0.25) is 0 Å². The molecule has 0 bridgehead atoms. The highest BCUT2D eigenvalue weighted by atomic mass is 16.3. The molecule has 3 rings (SSSR count). The number of benzene rings is 2. The predicted molar refractivity (Wildman–Crippen MR) is 92.7 cm³/mol. The predicted octanol–water partition coefficient (Wildman–Crippen LogP) is 5.49. The number of hydrogen-bond acceptors (Lipinski definition) is 1. The van der Waals surface area contributed by atoms with Crippen molar-refractivity contribution in [2.45, 2.75) is 19.8 Å². The Morgan fingerprint density at radius 2 is 1.64 bits per heavy atom. The molecule has 2 aromatic carbocycles. The summed E-state index contributed by atoms with van der Waals surface area (Å²) >= 11 is 0. The van der Waals surface area contributed by atoms with Crippen LogP contribution in [0, 0.1) is 0 Å². The minimum absolute atomic E-state index is 0.302. The number of hydrogen-bond donors (Lipinski definition) is 1. The van der Waals surface area contributed by atoms with Gasteiger partial charge in [-0.3, -0.25) is 0 Å². The fourth-order valence-corrected chi connectivity index (χ4v) is 2.98. The van der Waals surface area contributed by atoms with E-state index in [-0.39, 0.29) is 0 Å². The van der Waals surface area contributed by atoms with Crippen molar-refractivity contribution in [2.75, 3.05) is 0 Å². The number of rotatable bonds is 4. The summed E-state index contributed by atoms with van der Waals surface area (Å²) in [4.78, 5) is 0. The van der Waals surface area contributed by atoms with Gasteiger partial charge in [0.1, 0.15) is 5.75 Å². The van der Waals surface area contributed by atoms with Gasteiger partial charge in [0.25, 0.3) is 0 Å². The molecule has 0 saturated heterocycles. The van der Waals surface area contributed by atoms with Crippen molar-refractivity contribution in [3.63, 3.8) is 0 Å². The summed E-state index contributed by atoms with van der Waals surface area (Å²) in [6, 6.07) is 18.0. The Kier molecular flexibility index (Phi) is 4.24. The molecule has 0 spiro atoms. The number of aromatic hydroxyl groups is 1. The van der Waals surface area contributed by atoms with Crippen LogP contribution in [0.15, 0.2) is 84.0 Å². The van der Waals surface area contributed by atoms with E-state index in [1.54, 1.807) is 12.1 Å². The van der Waals surface area contributed by atoms with Gasteiger partial charge in [-0.15, -0.1) is 0 Å². The van der Waals surface area contributed by atoms with Crippen molar-refractivity contribution in [3.8, 4) is 5.75 Å². The Morgan fingerprint density at radius 1 is 0.955 bits per heavy atom. The third kappa shape index (κ3) is 2.89. The fraction of sp³-hybridized carbons (Fsp3) is 0.143. The second kappa shape index (κ2) is 6.48. The molecule has 0 radical (unpaired) electrons. The number of phenols is 1. The molecule has 0 amide bonds.